The number of amides is 1. The lowest BCUT2D eigenvalue weighted by molar-refractivity contribution is -0.123. The zero-order valence-corrected chi connectivity index (χ0v) is 16.8. The van der Waals surface area contributed by atoms with Crippen LogP contribution in [0.25, 0.3) is 6.08 Å². The summed E-state index contributed by atoms with van der Waals surface area (Å²) in [7, 11) is 0. The molecule has 1 N–H and O–H groups in total. The number of hydrogen-bond donors (Lipinski definition) is 1. The van der Waals surface area contributed by atoms with E-state index in [4.69, 9.17) is 16.3 Å². The molecule has 0 saturated heterocycles. The molecule has 0 aliphatic rings. The average Bonchev–Trinajstić information content (AvgIpc) is 2.74. The summed E-state index contributed by atoms with van der Waals surface area (Å²) < 4.78 is 5.56. The van der Waals surface area contributed by atoms with Gasteiger partial charge in [-0.3, -0.25) is 4.79 Å². The minimum Gasteiger partial charge on any atom is -0.483 e. The van der Waals surface area contributed by atoms with Gasteiger partial charge in [0, 0.05) is 10.6 Å². The molecule has 1 amide bonds. The van der Waals surface area contributed by atoms with Crippen molar-refractivity contribution in [1.29, 1.82) is 0 Å². The van der Waals surface area contributed by atoms with Crippen molar-refractivity contribution in [2.24, 2.45) is 5.10 Å². The molecule has 29 heavy (non-hydrogen) atoms. The number of nitrogens with zero attached hydrogens (tertiary/aromatic N) is 1. The second-order valence-electron chi connectivity index (χ2n) is 6.34. The molecule has 0 aliphatic carbocycles. The number of benzene rings is 3. The normalized spacial score (nSPS) is 11.4. The van der Waals surface area contributed by atoms with E-state index in [1.165, 1.54) is 0 Å². The van der Waals surface area contributed by atoms with Crippen LogP contribution in [-0.2, 0) is 4.79 Å². The fourth-order valence-corrected chi connectivity index (χ4v) is 2.85. The molecule has 0 fully saturated rings. The second kappa shape index (κ2) is 10.2. The molecule has 146 valence electrons. The molecule has 4 nitrogen and oxygen atoms in total. The van der Waals surface area contributed by atoms with Crippen molar-refractivity contribution < 1.29 is 9.53 Å². The molecule has 0 aliphatic heterocycles. The maximum Gasteiger partial charge on any atom is 0.277 e. The first-order valence-electron chi connectivity index (χ1n) is 9.16. The van der Waals surface area contributed by atoms with Crippen LogP contribution in [-0.4, -0.2) is 18.2 Å². The van der Waals surface area contributed by atoms with Gasteiger partial charge in [-0.1, -0.05) is 78.3 Å². The Morgan fingerprint density at radius 3 is 2.41 bits per heavy atom. The van der Waals surface area contributed by atoms with Crippen molar-refractivity contribution in [2.45, 2.75) is 6.92 Å². The quantitative estimate of drug-likeness (QED) is 0.431. The Morgan fingerprint density at radius 2 is 1.72 bits per heavy atom. The van der Waals surface area contributed by atoms with Crippen molar-refractivity contribution in [3.05, 3.63) is 107 Å². The van der Waals surface area contributed by atoms with Gasteiger partial charge in [0.25, 0.3) is 5.91 Å². The van der Waals surface area contributed by atoms with Gasteiger partial charge in [-0.15, -0.1) is 0 Å². The van der Waals surface area contributed by atoms with Crippen molar-refractivity contribution >= 4 is 29.3 Å². The van der Waals surface area contributed by atoms with Gasteiger partial charge in [-0.2, -0.15) is 5.10 Å². The van der Waals surface area contributed by atoms with Gasteiger partial charge in [0.05, 0.1) is 5.71 Å². The number of hydrazone groups is 1. The predicted molar refractivity (Wildman–Crippen MR) is 118 cm³/mol. The van der Waals surface area contributed by atoms with Crippen molar-refractivity contribution in [2.75, 3.05) is 6.61 Å². The molecule has 3 aromatic rings. The van der Waals surface area contributed by atoms with Gasteiger partial charge in [0.15, 0.2) is 6.61 Å². The molecule has 3 aromatic carbocycles. The maximum atomic E-state index is 12.2. The monoisotopic (exact) mass is 404 g/mol. The maximum absolute atomic E-state index is 12.2. The molecule has 0 saturated carbocycles. The summed E-state index contributed by atoms with van der Waals surface area (Å²) in [5.41, 5.74) is 6.02. The topological polar surface area (TPSA) is 50.7 Å². The molecular weight excluding hydrogens is 384 g/mol. The smallest absolute Gasteiger partial charge is 0.277 e. The zero-order valence-electron chi connectivity index (χ0n) is 16.0. The highest BCUT2D eigenvalue weighted by molar-refractivity contribution is 6.30. The van der Waals surface area contributed by atoms with Crippen LogP contribution in [0, 0.1) is 6.92 Å². The van der Waals surface area contributed by atoms with Gasteiger partial charge in [0.2, 0.25) is 0 Å². The molecule has 0 spiro atoms. The Labute approximate surface area is 175 Å². The Morgan fingerprint density at radius 1 is 1.03 bits per heavy atom. The highest BCUT2D eigenvalue weighted by Crippen LogP contribution is 2.21. The van der Waals surface area contributed by atoms with Crippen LogP contribution in [0.3, 0.4) is 0 Å². The lowest BCUT2D eigenvalue weighted by Gasteiger charge is -2.09. The first-order valence-corrected chi connectivity index (χ1v) is 9.53. The summed E-state index contributed by atoms with van der Waals surface area (Å²) in [6.45, 7) is 1.73. The number of nitrogens with one attached hydrogen (secondary N) is 1. The third kappa shape index (κ3) is 6.33. The zero-order chi connectivity index (χ0) is 20.5. The van der Waals surface area contributed by atoms with Crippen LogP contribution >= 0.6 is 11.6 Å². The minimum absolute atomic E-state index is 0.142. The summed E-state index contributed by atoms with van der Waals surface area (Å²) >= 11 is 5.94. The van der Waals surface area contributed by atoms with E-state index in [9.17, 15) is 4.79 Å². The van der Waals surface area contributed by atoms with E-state index in [-0.39, 0.29) is 12.5 Å². The molecule has 5 heteroatoms. The lowest BCUT2D eigenvalue weighted by atomic mass is 10.1. The Hall–Kier alpha value is -3.37. The van der Waals surface area contributed by atoms with E-state index in [0.29, 0.717) is 16.5 Å². The number of rotatable bonds is 7. The number of allylic oxidation sites excluding steroid dienone is 1. The van der Waals surface area contributed by atoms with Crippen molar-refractivity contribution in [1.82, 2.24) is 5.43 Å². The Balaban J connectivity index is 1.68. The van der Waals surface area contributed by atoms with E-state index >= 15 is 0 Å². The Bertz CT molecular complexity index is 1020. The molecular formula is C24H21ClN2O2. The summed E-state index contributed by atoms with van der Waals surface area (Å²) in [4.78, 5) is 12.2. The SMILES string of the molecule is Cc1cc(Cl)ccc1OCC(=O)NN=C(C=Cc1ccccc1)c1ccccc1. The van der Waals surface area contributed by atoms with Crippen molar-refractivity contribution in [3.8, 4) is 5.75 Å². The Kier molecular flexibility index (Phi) is 7.20. The van der Waals surface area contributed by atoms with E-state index < -0.39 is 0 Å². The molecule has 0 radical (unpaired) electrons. The number of ether oxygens (including phenoxy) is 1. The number of carbonyl (C=O) groups is 1. The summed E-state index contributed by atoms with van der Waals surface area (Å²) in [6, 6.07) is 24.8. The van der Waals surface area contributed by atoms with Gasteiger partial charge in [-0.25, -0.2) is 5.43 Å². The van der Waals surface area contributed by atoms with E-state index in [2.05, 4.69) is 10.5 Å². The van der Waals surface area contributed by atoms with Crippen molar-refractivity contribution in [3.63, 3.8) is 0 Å². The van der Waals surface area contributed by atoms with Crippen LogP contribution in [0.1, 0.15) is 16.7 Å². The number of carbonyl (C=O) groups excluding carboxylic acids is 1. The molecule has 0 heterocycles. The van der Waals surface area contributed by atoms with Crippen LogP contribution in [0.5, 0.6) is 5.75 Å². The van der Waals surface area contributed by atoms with E-state index in [0.717, 1.165) is 16.7 Å². The molecule has 3 rings (SSSR count). The average molecular weight is 405 g/mol. The number of aryl methyl sites for hydroxylation is 1. The van der Waals surface area contributed by atoms with E-state index in [1.54, 1.807) is 18.2 Å². The summed E-state index contributed by atoms with van der Waals surface area (Å²) in [6.07, 6.45) is 3.82. The van der Waals surface area contributed by atoms with E-state index in [1.807, 2.05) is 79.7 Å². The standard InChI is InChI=1S/C24H21ClN2O2/c1-18-16-21(25)13-15-23(18)29-17-24(28)27-26-22(20-10-6-3-7-11-20)14-12-19-8-4-2-5-9-19/h2-16H,17H2,1H3,(H,27,28). The fraction of sp³-hybridized carbons (Fsp3) is 0.0833. The van der Waals surface area contributed by atoms with Gasteiger partial charge in [-0.05, 0) is 42.3 Å². The van der Waals surface area contributed by atoms with Gasteiger partial charge < -0.3 is 4.74 Å². The minimum atomic E-state index is -0.346. The van der Waals surface area contributed by atoms with Gasteiger partial charge >= 0.3 is 0 Å². The van der Waals surface area contributed by atoms with Gasteiger partial charge in [0.1, 0.15) is 5.75 Å². The highest BCUT2D eigenvalue weighted by Gasteiger charge is 2.06. The highest BCUT2D eigenvalue weighted by atomic mass is 35.5. The molecule has 0 unspecified atom stereocenters. The summed E-state index contributed by atoms with van der Waals surface area (Å²) in [5.74, 6) is 0.265. The largest absolute Gasteiger partial charge is 0.483 e. The van der Waals surface area contributed by atoms with Crippen LogP contribution in [0.2, 0.25) is 5.02 Å². The first-order chi connectivity index (χ1) is 14.1. The van der Waals surface area contributed by atoms with Crippen LogP contribution < -0.4 is 10.2 Å². The first kappa shape index (κ1) is 20.4. The molecule has 0 atom stereocenters. The number of halogens is 1. The predicted octanol–water partition coefficient (Wildman–Crippen LogP) is 5.26. The molecule has 0 aromatic heterocycles. The lowest BCUT2D eigenvalue weighted by Crippen LogP contribution is -2.26. The second-order valence-corrected chi connectivity index (χ2v) is 6.78. The molecule has 0 bridgehead atoms. The third-order valence-electron chi connectivity index (χ3n) is 4.10. The van der Waals surface area contributed by atoms with Crippen LogP contribution in [0.4, 0.5) is 0 Å². The van der Waals surface area contributed by atoms with Crippen LogP contribution in [0.15, 0.2) is 90.0 Å². The summed E-state index contributed by atoms with van der Waals surface area (Å²) in [5, 5.41) is 4.91. The number of hydrogen-bond acceptors (Lipinski definition) is 3. The fourth-order valence-electron chi connectivity index (χ4n) is 2.62. The third-order valence-corrected chi connectivity index (χ3v) is 4.33.